The van der Waals surface area contributed by atoms with Gasteiger partial charge in [-0.15, -0.1) is 0 Å². The van der Waals surface area contributed by atoms with E-state index < -0.39 is 5.97 Å². The number of hydrogen-bond donors (Lipinski definition) is 2. The zero-order valence-electron chi connectivity index (χ0n) is 13.9. The SMILES string of the molecule is O=C(O)CC1(CC(=O)NC2C3CC4CC(C3)CC2C4)CCCC1. The van der Waals surface area contributed by atoms with Crippen molar-refractivity contribution in [1.82, 2.24) is 5.32 Å². The Bertz CT molecular complexity index is 467. The van der Waals surface area contributed by atoms with Crippen LogP contribution in [0.3, 0.4) is 0 Å². The molecule has 1 amide bonds. The van der Waals surface area contributed by atoms with Crippen molar-refractivity contribution in [2.75, 3.05) is 0 Å². The van der Waals surface area contributed by atoms with Gasteiger partial charge in [-0.25, -0.2) is 0 Å². The molecule has 2 N–H and O–H groups in total. The average molecular weight is 319 g/mol. The monoisotopic (exact) mass is 319 g/mol. The molecule has 0 spiro atoms. The molecule has 0 radical (unpaired) electrons. The van der Waals surface area contributed by atoms with Crippen molar-refractivity contribution < 1.29 is 14.7 Å². The number of hydrogen-bond acceptors (Lipinski definition) is 2. The minimum absolute atomic E-state index is 0.116. The molecule has 5 aliphatic carbocycles. The normalized spacial score (nSPS) is 40.3. The van der Waals surface area contributed by atoms with Gasteiger partial charge in [-0.05, 0) is 74.0 Å². The lowest BCUT2D eigenvalue weighted by Gasteiger charge is -2.54. The summed E-state index contributed by atoms with van der Waals surface area (Å²) >= 11 is 0. The molecule has 4 nitrogen and oxygen atoms in total. The summed E-state index contributed by atoms with van der Waals surface area (Å²) in [4.78, 5) is 23.9. The number of amides is 1. The molecule has 0 atom stereocenters. The second kappa shape index (κ2) is 5.78. The van der Waals surface area contributed by atoms with Gasteiger partial charge in [-0.2, -0.15) is 0 Å². The highest BCUT2D eigenvalue weighted by Gasteiger charge is 2.49. The third-order valence-electron chi connectivity index (χ3n) is 7.28. The van der Waals surface area contributed by atoms with Crippen LogP contribution in [0.15, 0.2) is 0 Å². The molecule has 0 heterocycles. The molecule has 4 heteroatoms. The summed E-state index contributed by atoms with van der Waals surface area (Å²) in [5.74, 6) is 2.57. The lowest BCUT2D eigenvalue weighted by Crippen LogP contribution is -2.56. The number of nitrogens with one attached hydrogen (secondary N) is 1. The van der Waals surface area contributed by atoms with E-state index in [4.69, 9.17) is 0 Å². The van der Waals surface area contributed by atoms with Crippen LogP contribution in [0.5, 0.6) is 0 Å². The molecule has 0 aromatic heterocycles. The summed E-state index contributed by atoms with van der Waals surface area (Å²) in [6, 6.07) is 0.374. The minimum atomic E-state index is -0.755. The predicted octanol–water partition coefficient (Wildman–Crippen LogP) is 3.35. The quantitative estimate of drug-likeness (QED) is 0.816. The second-order valence-corrected chi connectivity index (χ2v) is 8.98. The average Bonchev–Trinajstić information content (AvgIpc) is 2.89. The Labute approximate surface area is 138 Å². The Kier molecular flexibility index (Phi) is 3.89. The molecule has 0 aliphatic heterocycles. The summed E-state index contributed by atoms with van der Waals surface area (Å²) < 4.78 is 0. The maximum absolute atomic E-state index is 12.7. The Hall–Kier alpha value is -1.06. The van der Waals surface area contributed by atoms with Gasteiger partial charge in [0.2, 0.25) is 5.91 Å². The van der Waals surface area contributed by atoms with Crippen molar-refractivity contribution in [3.05, 3.63) is 0 Å². The summed E-state index contributed by atoms with van der Waals surface area (Å²) in [7, 11) is 0. The molecule has 5 rings (SSSR count). The molecule has 23 heavy (non-hydrogen) atoms. The molecule has 0 saturated heterocycles. The van der Waals surface area contributed by atoms with Gasteiger partial charge in [0.25, 0.3) is 0 Å². The van der Waals surface area contributed by atoms with Crippen molar-refractivity contribution >= 4 is 11.9 Å². The molecule has 0 aromatic carbocycles. The Morgan fingerprint density at radius 2 is 1.48 bits per heavy atom. The fourth-order valence-electron chi connectivity index (χ4n) is 6.60. The van der Waals surface area contributed by atoms with Crippen LogP contribution in [-0.4, -0.2) is 23.0 Å². The Morgan fingerprint density at radius 1 is 0.913 bits per heavy atom. The maximum atomic E-state index is 12.7. The standard InChI is InChI=1S/C19H29NO3/c21-16(10-19(11-17(22)23)3-1-2-4-19)20-18-14-6-12-5-13(8-14)9-15(18)7-12/h12-15,18H,1-11H2,(H,20,21)(H,22,23). The van der Waals surface area contributed by atoms with E-state index in [0.717, 1.165) is 37.5 Å². The van der Waals surface area contributed by atoms with Gasteiger partial charge in [-0.1, -0.05) is 12.8 Å². The number of carboxylic acids is 1. The zero-order chi connectivity index (χ0) is 16.0. The van der Waals surface area contributed by atoms with Gasteiger partial charge < -0.3 is 10.4 Å². The van der Waals surface area contributed by atoms with E-state index in [1.807, 2.05) is 0 Å². The summed E-state index contributed by atoms with van der Waals surface area (Å²) in [6.07, 6.45) is 11.1. The van der Waals surface area contributed by atoms with Crippen LogP contribution in [-0.2, 0) is 9.59 Å². The molecule has 5 fully saturated rings. The van der Waals surface area contributed by atoms with Crippen molar-refractivity contribution in [2.24, 2.45) is 29.1 Å². The second-order valence-electron chi connectivity index (χ2n) is 8.98. The number of carboxylic acid groups (broad SMARTS) is 1. The van der Waals surface area contributed by atoms with E-state index in [1.165, 1.54) is 32.1 Å². The van der Waals surface area contributed by atoms with E-state index in [2.05, 4.69) is 5.32 Å². The third kappa shape index (κ3) is 3.01. The first-order valence-electron chi connectivity index (χ1n) is 9.54. The number of aliphatic carboxylic acids is 1. The van der Waals surface area contributed by atoms with Gasteiger partial charge in [0.05, 0.1) is 6.42 Å². The van der Waals surface area contributed by atoms with Crippen molar-refractivity contribution in [3.8, 4) is 0 Å². The lowest BCUT2D eigenvalue weighted by atomic mass is 9.54. The van der Waals surface area contributed by atoms with Gasteiger partial charge in [0, 0.05) is 12.5 Å². The van der Waals surface area contributed by atoms with Gasteiger partial charge in [-0.3, -0.25) is 9.59 Å². The summed E-state index contributed by atoms with van der Waals surface area (Å²) in [6.45, 7) is 0. The molecule has 4 bridgehead atoms. The van der Waals surface area contributed by atoms with Crippen LogP contribution >= 0.6 is 0 Å². The molecular weight excluding hydrogens is 290 g/mol. The van der Waals surface area contributed by atoms with Crippen LogP contribution in [0.4, 0.5) is 0 Å². The Balaban J connectivity index is 1.39. The highest BCUT2D eigenvalue weighted by Crippen LogP contribution is 2.54. The Morgan fingerprint density at radius 3 is 2.00 bits per heavy atom. The maximum Gasteiger partial charge on any atom is 0.303 e. The van der Waals surface area contributed by atoms with Crippen LogP contribution in [0.25, 0.3) is 0 Å². The summed E-state index contributed by atoms with van der Waals surface area (Å²) in [5, 5.41) is 12.6. The van der Waals surface area contributed by atoms with Gasteiger partial charge in [0.15, 0.2) is 0 Å². The van der Waals surface area contributed by atoms with Gasteiger partial charge in [0.1, 0.15) is 0 Å². The molecule has 5 saturated carbocycles. The first kappa shape index (κ1) is 15.5. The van der Waals surface area contributed by atoms with Gasteiger partial charge >= 0.3 is 5.97 Å². The molecule has 0 aromatic rings. The van der Waals surface area contributed by atoms with E-state index >= 15 is 0 Å². The first-order valence-corrected chi connectivity index (χ1v) is 9.54. The smallest absolute Gasteiger partial charge is 0.303 e. The van der Waals surface area contributed by atoms with Crippen LogP contribution in [0, 0.1) is 29.1 Å². The van der Waals surface area contributed by atoms with E-state index in [9.17, 15) is 14.7 Å². The fraction of sp³-hybridized carbons (Fsp3) is 0.895. The van der Waals surface area contributed by atoms with Crippen molar-refractivity contribution in [3.63, 3.8) is 0 Å². The lowest BCUT2D eigenvalue weighted by molar-refractivity contribution is -0.140. The molecule has 0 unspecified atom stereocenters. The fourth-order valence-corrected chi connectivity index (χ4v) is 6.60. The van der Waals surface area contributed by atoms with Crippen LogP contribution in [0.1, 0.15) is 70.6 Å². The number of carbonyl (C=O) groups excluding carboxylic acids is 1. The van der Waals surface area contributed by atoms with E-state index in [0.29, 0.717) is 24.3 Å². The predicted molar refractivity (Wildman–Crippen MR) is 86.7 cm³/mol. The van der Waals surface area contributed by atoms with Crippen molar-refractivity contribution in [1.29, 1.82) is 0 Å². The highest BCUT2D eigenvalue weighted by atomic mass is 16.4. The van der Waals surface area contributed by atoms with Crippen molar-refractivity contribution in [2.45, 2.75) is 76.7 Å². The first-order chi connectivity index (χ1) is 11.0. The van der Waals surface area contributed by atoms with E-state index in [1.54, 1.807) is 0 Å². The molecular formula is C19H29NO3. The molecule has 5 aliphatic rings. The summed E-state index contributed by atoms with van der Waals surface area (Å²) in [5.41, 5.74) is -0.276. The topological polar surface area (TPSA) is 66.4 Å². The third-order valence-corrected chi connectivity index (χ3v) is 7.28. The number of rotatable bonds is 5. The highest BCUT2D eigenvalue weighted by molar-refractivity contribution is 5.78. The minimum Gasteiger partial charge on any atom is -0.481 e. The van der Waals surface area contributed by atoms with Crippen LogP contribution in [0.2, 0.25) is 0 Å². The largest absolute Gasteiger partial charge is 0.481 e. The zero-order valence-corrected chi connectivity index (χ0v) is 13.9. The number of carbonyl (C=O) groups is 2. The molecule has 128 valence electrons. The van der Waals surface area contributed by atoms with E-state index in [-0.39, 0.29) is 17.7 Å². The van der Waals surface area contributed by atoms with Crippen LogP contribution < -0.4 is 5.32 Å².